The predicted octanol–water partition coefficient (Wildman–Crippen LogP) is 5.23. The van der Waals surface area contributed by atoms with Crippen LogP contribution in [0.25, 0.3) is 0 Å². The number of nitrogens with zero attached hydrogens (tertiary/aromatic N) is 2. The average molecular weight is 447 g/mol. The van der Waals surface area contributed by atoms with Crippen LogP contribution in [0.1, 0.15) is 40.4 Å². The first-order chi connectivity index (χ1) is 16.2. The van der Waals surface area contributed by atoms with Gasteiger partial charge in [-0.1, -0.05) is 42.5 Å². The summed E-state index contributed by atoms with van der Waals surface area (Å²) in [6.07, 6.45) is 5.11. The van der Waals surface area contributed by atoms with Crippen LogP contribution in [0.15, 0.2) is 77.4 Å². The highest BCUT2D eigenvalue weighted by molar-refractivity contribution is 5.91. The summed E-state index contributed by atoms with van der Waals surface area (Å²) >= 11 is 0. The summed E-state index contributed by atoms with van der Waals surface area (Å²) < 4.78 is 18.9. The first-order valence-electron chi connectivity index (χ1n) is 12.0. The fourth-order valence-corrected chi connectivity index (χ4v) is 5.52. The van der Waals surface area contributed by atoms with Crippen LogP contribution >= 0.6 is 0 Å². The first-order valence-corrected chi connectivity index (χ1v) is 12.0. The lowest BCUT2D eigenvalue weighted by atomic mass is 9.86. The van der Waals surface area contributed by atoms with E-state index in [9.17, 15) is 9.18 Å². The molecule has 0 spiro atoms. The molecule has 0 N–H and O–H groups in total. The van der Waals surface area contributed by atoms with Crippen molar-refractivity contribution < 1.29 is 13.6 Å². The quantitative estimate of drug-likeness (QED) is 0.520. The minimum Gasteiger partial charge on any atom is -0.459 e. The summed E-state index contributed by atoms with van der Waals surface area (Å²) in [6.45, 7) is 4.49. The van der Waals surface area contributed by atoms with Crippen LogP contribution in [0, 0.1) is 17.7 Å². The van der Waals surface area contributed by atoms with Crippen LogP contribution in [0.2, 0.25) is 0 Å². The number of amides is 1. The molecule has 0 bridgehead atoms. The van der Waals surface area contributed by atoms with Gasteiger partial charge in [-0.05, 0) is 79.6 Å². The Kier molecular flexibility index (Phi) is 6.58. The molecule has 3 heterocycles. The Bertz CT molecular complexity index is 1030. The number of rotatable bonds is 6. The Morgan fingerprint density at radius 2 is 1.70 bits per heavy atom. The molecule has 0 radical (unpaired) electrons. The van der Waals surface area contributed by atoms with Gasteiger partial charge in [0.05, 0.1) is 6.26 Å². The van der Waals surface area contributed by atoms with Gasteiger partial charge >= 0.3 is 0 Å². The summed E-state index contributed by atoms with van der Waals surface area (Å²) in [5, 5.41) is 0. The molecule has 2 aromatic carbocycles. The van der Waals surface area contributed by atoms with Crippen molar-refractivity contribution in [2.24, 2.45) is 11.8 Å². The van der Waals surface area contributed by atoms with Gasteiger partial charge < -0.3 is 14.2 Å². The average Bonchev–Trinajstić information content (AvgIpc) is 3.52. The normalized spacial score (nSPS) is 22.0. The van der Waals surface area contributed by atoms with Gasteiger partial charge in [-0.25, -0.2) is 4.39 Å². The van der Waals surface area contributed by atoms with Crippen molar-refractivity contribution >= 4 is 5.91 Å². The maximum absolute atomic E-state index is 13.5. The molecule has 33 heavy (non-hydrogen) atoms. The van der Waals surface area contributed by atoms with Crippen molar-refractivity contribution in [3.8, 4) is 0 Å². The lowest BCUT2D eigenvalue weighted by Gasteiger charge is -2.34. The minimum absolute atomic E-state index is 0.0591. The number of furan rings is 1. The molecule has 2 atom stereocenters. The van der Waals surface area contributed by atoms with Crippen LogP contribution in [-0.4, -0.2) is 48.4 Å². The number of piperidine rings is 1. The van der Waals surface area contributed by atoms with Crippen LogP contribution in [0.5, 0.6) is 0 Å². The van der Waals surface area contributed by atoms with Gasteiger partial charge in [0.25, 0.3) is 5.91 Å². The SMILES string of the molecule is O=C(c1ccco1)N1C[C@@H](CN2CCC(Cc3ccccc3)CC2)[C@H](c2ccc(F)cc2)C1. The number of hydrogen-bond acceptors (Lipinski definition) is 3. The molecule has 2 aliphatic heterocycles. The molecule has 1 aromatic heterocycles. The summed E-state index contributed by atoms with van der Waals surface area (Å²) in [7, 11) is 0. The molecule has 2 fully saturated rings. The molecule has 2 saturated heterocycles. The first kappa shape index (κ1) is 21.9. The largest absolute Gasteiger partial charge is 0.459 e. The van der Waals surface area contributed by atoms with Crippen molar-refractivity contribution in [1.29, 1.82) is 0 Å². The van der Waals surface area contributed by atoms with Crippen molar-refractivity contribution in [2.45, 2.75) is 25.2 Å². The van der Waals surface area contributed by atoms with E-state index in [4.69, 9.17) is 4.42 Å². The van der Waals surface area contributed by atoms with E-state index in [1.807, 2.05) is 17.0 Å². The number of carbonyl (C=O) groups is 1. The predicted molar refractivity (Wildman–Crippen MR) is 127 cm³/mol. The van der Waals surface area contributed by atoms with Gasteiger partial charge in [-0.3, -0.25) is 4.79 Å². The topological polar surface area (TPSA) is 36.7 Å². The molecule has 3 aromatic rings. The van der Waals surface area contributed by atoms with Crippen LogP contribution < -0.4 is 0 Å². The van der Waals surface area contributed by atoms with Crippen LogP contribution in [0.4, 0.5) is 4.39 Å². The third-order valence-corrected chi connectivity index (χ3v) is 7.33. The smallest absolute Gasteiger partial charge is 0.289 e. The van der Waals surface area contributed by atoms with Gasteiger partial charge in [0.1, 0.15) is 5.82 Å². The summed E-state index contributed by atoms with van der Waals surface area (Å²) in [5.41, 5.74) is 2.53. The van der Waals surface area contributed by atoms with Crippen LogP contribution in [0.3, 0.4) is 0 Å². The van der Waals surface area contributed by atoms with E-state index >= 15 is 0 Å². The maximum atomic E-state index is 13.5. The third-order valence-electron chi connectivity index (χ3n) is 7.33. The zero-order valence-corrected chi connectivity index (χ0v) is 18.9. The standard InChI is InChI=1S/C28H31FN2O2/c29-25-10-8-23(9-11-25)26-20-31(28(32)27-7-4-16-33-27)19-24(26)18-30-14-12-22(13-15-30)17-21-5-2-1-3-6-21/h1-11,16,22,24,26H,12-15,17-20H2/t24-,26+/m1/s1. The number of hydrogen-bond donors (Lipinski definition) is 0. The summed E-state index contributed by atoms with van der Waals surface area (Å²) in [4.78, 5) is 17.4. The van der Waals surface area contributed by atoms with E-state index in [2.05, 4.69) is 35.2 Å². The second kappa shape index (κ2) is 9.92. The summed E-state index contributed by atoms with van der Waals surface area (Å²) in [6, 6.07) is 21.0. The molecule has 172 valence electrons. The molecule has 0 unspecified atom stereocenters. The van der Waals surface area contributed by atoms with E-state index in [1.54, 1.807) is 12.1 Å². The fourth-order valence-electron chi connectivity index (χ4n) is 5.52. The lowest BCUT2D eigenvalue weighted by molar-refractivity contribution is 0.0749. The van der Waals surface area contributed by atoms with Crippen molar-refractivity contribution in [3.05, 3.63) is 95.7 Å². The van der Waals surface area contributed by atoms with Gasteiger partial charge in [-0.15, -0.1) is 0 Å². The van der Waals surface area contributed by atoms with E-state index in [-0.39, 0.29) is 17.6 Å². The van der Waals surface area contributed by atoms with Gasteiger partial charge in [0.15, 0.2) is 5.76 Å². The van der Waals surface area contributed by atoms with E-state index in [1.165, 1.54) is 36.8 Å². The highest BCUT2D eigenvalue weighted by Gasteiger charge is 2.38. The Hall–Kier alpha value is -2.92. The Morgan fingerprint density at radius 3 is 2.39 bits per heavy atom. The second-order valence-corrected chi connectivity index (χ2v) is 9.54. The highest BCUT2D eigenvalue weighted by Crippen LogP contribution is 2.35. The zero-order chi connectivity index (χ0) is 22.6. The van der Waals surface area contributed by atoms with Crippen molar-refractivity contribution in [1.82, 2.24) is 9.80 Å². The third kappa shape index (κ3) is 5.19. The van der Waals surface area contributed by atoms with E-state index < -0.39 is 0 Å². The molecule has 0 aliphatic carbocycles. The molecule has 0 saturated carbocycles. The fraction of sp³-hybridized carbons (Fsp3) is 0.393. The maximum Gasteiger partial charge on any atom is 0.289 e. The minimum atomic E-state index is -0.225. The van der Waals surface area contributed by atoms with Crippen LogP contribution in [-0.2, 0) is 6.42 Å². The monoisotopic (exact) mass is 446 g/mol. The van der Waals surface area contributed by atoms with Crippen molar-refractivity contribution in [3.63, 3.8) is 0 Å². The van der Waals surface area contributed by atoms with E-state index in [0.29, 0.717) is 24.8 Å². The number of halogens is 1. The number of benzene rings is 2. The Morgan fingerprint density at radius 1 is 0.939 bits per heavy atom. The lowest BCUT2D eigenvalue weighted by Crippen LogP contribution is -2.39. The highest BCUT2D eigenvalue weighted by atomic mass is 19.1. The number of carbonyl (C=O) groups excluding carboxylic acids is 1. The Balaban J connectivity index is 1.24. The van der Waals surface area contributed by atoms with Gasteiger partial charge in [-0.2, -0.15) is 0 Å². The number of likely N-dealkylation sites (tertiary alicyclic amines) is 2. The van der Waals surface area contributed by atoms with E-state index in [0.717, 1.165) is 37.5 Å². The van der Waals surface area contributed by atoms with Gasteiger partial charge in [0, 0.05) is 25.6 Å². The summed E-state index contributed by atoms with van der Waals surface area (Å²) in [5.74, 6) is 1.35. The molecule has 1 amide bonds. The zero-order valence-electron chi connectivity index (χ0n) is 18.9. The molecular formula is C28H31FN2O2. The molecule has 5 heteroatoms. The molecule has 5 rings (SSSR count). The molecule has 2 aliphatic rings. The van der Waals surface area contributed by atoms with Gasteiger partial charge in [0.2, 0.25) is 0 Å². The molecular weight excluding hydrogens is 415 g/mol. The van der Waals surface area contributed by atoms with Crippen molar-refractivity contribution in [2.75, 3.05) is 32.7 Å². The Labute approximate surface area is 195 Å². The molecule has 4 nitrogen and oxygen atoms in total. The second-order valence-electron chi connectivity index (χ2n) is 9.54.